The molecule has 43 heavy (non-hydrogen) atoms. The molecular weight excluding hydrogens is 542 g/mol. The SMILES string of the molecule is COC(=O)c1ccc(-n2c(C)cc(/C=C3\C(=O)NC(=O)N(c4ccc(C56CC7CC(CC(C7)C5)C6)cc4)C3=O)c2C)cc1. The molecule has 4 amide bonds. The van der Waals surface area contributed by atoms with Crippen molar-refractivity contribution >= 4 is 35.6 Å². The number of anilines is 1. The van der Waals surface area contributed by atoms with Crippen molar-refractivity contribution in [1.82, 2.24) is 9.88 Å². The Kier molecular flexibility index (Phi) is 6.41. The number of benzene rings is 2. The number of hydrogen-bond donors (Lipinski definition) is 1. The third-order valence-corrected chi connectivity index (χ3v) is 10.2. The van der Waals surface area contributed by atoms with Gasteiger partial charge in [0.2, 0.25) is 0 Å². The van der Waals surface area contributed by atoms with Gasteiger partial charge in [0.25, 0.3) is 11.8 Å². The summed E-state index contributed by atoms with van der Waals surface area (Å²) in [7, 11) is 1.34. The molecule has 220 valence electrons. The standard InChI is InChI=1S/C35H35N3O5/c1-20-12-26(21(2)37(20)28-8-4-25(5-9-28)33(41)43-3)16-30-31(39)36-34(42)38(32(30)40)29-10-6-27(7-11-29)35-17-22-13-23(18-35)15-24(14-22)19-35/h4-12,16,22-24H,13-15,17-19H2,1-3H3,(H,36,39,42)/b30-16+. The summed E-state index contributed by atoms with van der Waals surface area (Å²) in [5.74, 6) is 0.675. The van der Waals surface area contributed by atoms with Gasteiger partial charge in [0, 0.05) is 17.1 Å². The molecule has 0 radical (unpaired) electrons. The van der Waals surface area contributed by atoms with E-state index in [1.807, 2.05) is 48.7 Å². The number of amides is 4. The Bertz CT molecular complexity index is 1660. The zero-order valence-corrected chi connectivity index (χ0v) is 24.7. The van der Waals surface area contributed by atoms with E-state index >= 15 is 0 Å². The topological polar surface area (TPSA) is 97.7 Å². The summed E-state index contributed by atoms with van der Waals surface area (Å²) in [5.41, 5.74) is 5.49. The van der Waals surface area contributed by atoms with Crippen molar-refractivity contribution in [2.75, 3.05) is 12.0 Å². The number of ether oxygens (including phenoxy) is 1. The van der Waals surface area contributed by atoms with Crippen molar-refractivity contribution in [3.8, 4) is 5.69 Å². The minimum atomic E-state index is -0.745. The molecule has 4 bridgehead atoms. The molecule has 3 aromatic rings. The van der Waals surface area contributed by atoms with Gasteiger partial charge in [-0.3, -0.25) is 14.9 Å². The number of aromatic nitrogens is 1. The summed E-state index contributed by atoms with van der Waals surface area (Å²) < 4.78 is 6.77. The number of hydrogen-bond acceptors (Lipinski definition) is 5. The van der Waals surface area contributed by atoms with E-state index in [1.54, 1.807) is 18.2 Å². The van der Waals surface area contributed by atoms with Crippen LogP contribution in [0.15, 0.2) is 60.2 Å². The Labute approximate surface area is 250 Å². The molecule has 2 heterocycles. The Morgan fingerprint density at radius 3 is 2.05 bits per heavy atom. The number of carbonyl (C=O) groups excluding carboxylic acids is 4. The number of nitrogens with one attached hydrogen (secondary N) is 1. The summed E-state index contributed by atoms with van der Waals surface area (Å²) in [6, 6.07) is 16.0. The molecule has 0 atom stereocenters. The number of esters is 1. The van der Waals surface area contributed by atoms with Gasteiger partial charge in [-0.15, -0.1) is 0 Å². The summed E-state index contributed by atoms with van der Waals surface area (Å²) in [5, 5.41) is 2.36. The highest BCUT2D eigenvalue weighted by Gasteiger charge is 2.51. The Morgan fingerprint density at radius 1 is 0.884 bits per heavy atom. The second-order valence-electron chi connectivity index (χ2n) is 12.9. The Hall–Kier alpha value is -4.46. The summed E-state index contributed by atoms with van der Waals surface area (Å²) in [6.45, 7) is 3.82. The molecule has 5 fully saturated rings. The molecule has 0 spiro atoms. The van der Waals surface area contributed by atoms with Gasteiger partial charge in [-0.05, 0) is 135 Å². The van der Waals surface area contributed by atoms with Crippen LogP contribution in [0.4, 0.5) is 10.5 Å². The lowest BCUT2D eigenvalue weighted by molar-refractivity contribution is -0.122. The van der Waals surface area contributed by atoms with Crippen molar-refractivity contribution in [2.24, 2.45) is 17.8 Å². The minimum Gasteiger partial charge on any atom is -0.465 e. The predicted molar refractivity (Wildman–Crippen MR) is 162 cm³/mol. The molecule has 1 saturated heterocycles. The number of nitrogens with zero attached hydrogens (tertiary/aromatic N) is 2. The second kappa shape index (κ2) is 10.1. The van der Waals surface area contributed by atoms with Gasteiger partial charge in [-0.1, -0.05) is 12.1 Å². The van der Waals surface area contributed by atoms with E-state index in [1.165, 1.54) is 51.2 Å². The number of aryl methyl sites for hydroxylation is 1. The van der Waals surface area contributed by atoms with Crippen LogP contribution in [-0.2, 0) is 19.7 Å². The first-order chi connectivity index (χ1) is 20.7. The molecule has 0 unspecified atom stereocenters. The predicted octanol–water partition coefficient (Wildman–Crippen LogP) is 6.01. The molecule has 1 aliphatic heterocycles. The Morgan fingerprint density at radius 2 is 1.47 bits per heavy atom. The van der Waals surface area contributed by atoms with Crippen LogP contribution in [0.5, 0.6) is 0 Å². The molecule has 4 aliphatic carbocycles. The summed E-state index contributed by atoms with van der Waals surface area (Å²) in [6.07, 6.45) is 9.35. The molecular formula is C35H35N3O5. The van der Waals surface area contributed by atoms with E-state index in [4.69, 9.17) is 4.74 Å². The molecule has 5 aliphatic rings. The van der Waals surface area contributed by atoms with Crippen molar-refractivity contribution in [1.29, 1.82) is 0 Å². The van der Waals surface area contributed by atoms with Crippen LogP contribution in [0, 0.1) is 31.6 Å². The number of imide groups is 2. The smallest absolute Gasteiger partial charge is 0.337 e. The van der Waals surface area contributed by atoms with Crippen molar-refractivity contribution < 1.29 is 23.9 Å². The van der Waals surface area contributed by atoms with Gasteiger partial charge in [0.15, 0.2) is 0 Å². The van der Waals surface area contributed by atoms with Crippen LogP contribution in [-0.4, -0.2) is 35.5 Å². The zero-order chi connectivity index (χ0) is 30.0. The van der Waals surface area contributed by atoms with Gasteiger partial charge in [-0.25, -0.2) is 14.5 Å². The van der Waals surface area contributed by atoms with E-state index < -0.39 is 23.8 Å². The van der Waals surface area contributed by atoms with E-state index in [2.05, 4.69) is 17.4 Å². The molecule has 8 rings (SSSR count). The Balaban J connectivity index is 1.17. The first-order valence-corrected chi connectivity index (χ1v) is 15.1. The minimum absolute atomic E-state index is 0.106. The molecule has 8 heteroatoms. The quantitative estimate of drug-likeness (QED) is 0.227. The number of carbonyl (C=O) groups is 4. The molecule has 8 nitrogen and oxygen atoms in total. The number of urea groups is 1. The van der Waals surface area contributed by atoms with E-state index in [-0.39, 0.29) is 11.0 Å². The van der Waals surface area contributed by atoms with Crippen LogP contribution >= 0.6 is 0 Å². The van der Waals surface area contributed by atoms with Crippen LogP contribution in [0.1, 0.15) is 71.4 Å². The van der Waals surface area contributed by atoms with Crippen molar-refractivity contribution in [2.45, 2.75) is 57.8 Å². The van der Waals surface area contributed by atoms with E-state index in [9.17, 15) is 19.2 Å². The lowest BCUT2D eigenvalue weighted by Gasteiger charge is -2.57. The van der Waals surface area contributed by atoms with E-state index in [0.29, 0.717) is 16.8 Å². The lowest BCUT2D eigenvalue weighted by atomic mass is 9.48. The van der Waals surface area contributed by atoms with Crippen LogP contribution < -0.4 is 10.2 Å². The number of methoxy groups -OCH3 is 1. The molecule has 1 aromatic heterocycles. The number of rotatable bonds is 5. The van der Waals surface area contributed by atoms with Crippen LogP contribution in [0.2, 0.25) is 0 Å². The third-order valence-electron chi connectivity index (χ3n) is 10.2. The van der Waals surface area contributed by atoms with Crippen molar-refractivity contribution in [3.05, 3.63) is 88.2 Å². The average molecular weight is 578 g/mol. The number of barbiturate groups is 1. The highest BCUT2D eigenvalue weighted by atomic mass is 16.5. The largest absolute Gasteiger partial charge is 0.465 e. The van der Waals surface area contributed by atoms with Crippen LogP contribution in [0.25, 0.3) is 11.8 Å². The summed E-state index contributed by atoms with van der Waals surface area (Å²) >= 11 is 0. The molecule has 2 aromatic carbocycles. The van der Waals surface area contributed by atoms with Gasteiger partial charge >= 0.3 is 12.0 Å². The second-order valence-corrected chi connectivity index (χ2v) is 12.9. The summed E-state index contributed by atoms with van der Waals surface area (Å²) in [4.78, 5) is 52.4. The van der Waals surface area contributed by atoms with E-state index in [0.717, 1.165) is 39.7 Å². The maximum atomic E-state index is 13.7. The van der Waals surface area contributed by atoms with Crippen molar-refractivity contribution in [3.63, 3.8) is 0 Å². The normalized spacial score (nSPS) is 27.1. The highest BCUT2D eigenvalue weighted by molar-refractivity contribution is 6.39. The van der Waals surface area contributed by atoms with Gasteiger partial charge in [-0.2, -0.15) is 0 Å². The van der Waals surface area contributed by atoms with Gasteiger partial charge < -0.3 is 9.30 Å². The fourth-order valence-electron chi connectivity index (χ4n) is 8.67. The molecule has 1 N–H and O–H groups in total. The first kappa shape index (κ1) is 27.4. The fourth-order valence-corrected chi connectivity index (χ4v) is 8.67. The average Bonchev–Trinajstić information content (AvgIpc) is 3.26. The third kappa shape index (κ3) is 4.51. The zero-order valence-electron chi connectivity index (χ0n) is 24.7. The van der Waals surface area contributed by atoms with Gasteiger partial charge in [0.1, 0.15) is 5.57 Å². The maximum Gasteiger partial charge on any atom is 0.337 e. The fraction of sp³-hybridized carbons (Fsp3) is 0.371. The van der Waals surface area contributed by atoms with Gasteiger partial charge in [0.05, 0.1) is 18.4 Å². The highest BCUT2D eigenvalue weighted by Crippen LogP contribution is 2.60. The first-order valence-electron chi connectivity index (χ1n) is 15.1. The van der Waals surface area contributed by atoms with Crippen LogP contribution in [0.3, 0.4) is 0 Å². The maximum absolute atomic E-state index is 13.7. The lowest BCUT2D eigenvalue weighted by Crippen LogP contribution is -2.54. The molecule has 4 saturated carbocycles. The monoisotopic (exact) mass is 577 g/mol.